The molecule has 1 aromatic carbocycles. The number of rotatable bonds is 4. The summed E-state index contributed by atoms with van der Waals surface area (Å²) in [6.45, 7) is 2.74. The molecule has 19 heavy (non-hydrogen) atoms. The summed E-state index contributed by atoms with van der Waals surface area (Å²) in [6, 6.07) is 7.58. The number of ether oxygens (including phenoxy) is 1. The molecule has 0 atom stereocenters. The van der Waals surface area contributed by atoms with Gasteiger partial charge in [-0.1, -0.05) is 0 Å². The van der Waals surface area contributed by atoms with Crippen LogP contribution >= 0.6 is 0 Å². The van der Waals surface area contributed by atoms with Crippen molar-refractivity contribution in [1.29, 1.82) is 5.26 Å². The van der Waals surface area contributed by atoms with E-state index in [1.807, 2.05) is 13.1 Å². The smallest absolute Gasteiger partial charge is 0.0992 e. The van der Waals surface area contributed by atoms with E-state index in [1.165, 1.54) is 0 Å². The van der Waals surface area contributed by atoms with Crippen molar-refractivity contribution in [2.24, 2.45) is 5.92 Å². The summed E-state index contributed by atoms with van der Waals surface area (Å²) < 4.78 is 5.37. The lowest BCUT2D eigenvalue weighted by atomic mass is 9.96. The minimum absolute atomic E-state index is 0.655. The highest BCUT2D eigenvalue weighted by molar-refractivity contribution is 5.69. The van der Waals surface area contributed by atoms with Crippen LogP contribution in [0.15, 0.2) is 18.2 Å². The third-order valence-corrected chi connectivity index (χ3v) is 3.78. The van der Waals surface area contributed by atoms with Crippen LogP contribution < -0.4 is 10.6 Å². The first-order valence-electron chi connectivity index (χ1n) is 6.79. The van der Waals surface area contributed by atoms with Gasteiger partial charge in [-0.3, -0.25) is 0 Å². The van der Waals surface area contributed by atoms with Gasteiger partial charge in [0, 0.05) is 26.8 Å². The van der Waals surface area contributed by atoms with Gasteiger partial charge in [0.2, 0.25) is 0 Å². The molecule has 0 spiro atoms. The highest BCUT2D eigenvalue weighted by Gasteiger charge is 2.15. The van der Waals surface area contributed by atoms with Gasteiger partial charge in [-0.25, -0.2) is 0 Å². The molecule has 0 bridgehead atoms. The van der Waals surface area contributed by atoms with Gasteiger partial charge in [-0.15, -0.1) is 0 Å². The van der Waals surface area contributed by atoms with Crippen LogP contribution in [0.3, 0.4) is 0 Å². The number of hydrogen-bond donors (Lipinski definition) is 1. The van der Waals surface area contributed by atoms with Crippen molar-refractivity contribution in [2.45, 2.75) is 19.3 Å². The van der Waals surface area contributed by atoms with Crippen LogP contribution in [-0.2, 0) is 4.74 Å². The van der Waals surface area contributed by atoms with Crippen molar-refractivity contribution in [2.75, 3.05) is 37.4 Å². The SMILES string of the molecule is CN(CCC1CCOCC1)c1cc(C#N)ccc1N. The lowest BCUT2D eigenvalue weighted by Crippen LogP contribution is -2.24. The van der Waals surface area contributed by atoms with Gasteiger partial charge in [0.05, 0.1) is 23.0 Å². The third-order valence-electron chi connectivity index (χ3n) is 3.78. The first-order valence-corrected chi connectivity index (χ1v) is 6.79. The van der Waals surface area contributed by atoms with Crippen molar-refractivity contribution in [1.82, 2.24) is 0 Å². The molecule has 1 aromatic rings. The van der Waals surface area contributed by atoms with Gasteiger partial charge >= 0.3 is 0 Å². The van der Waals surface area contributed by atoms with E-state index in [4.69, 9.17) is 15.7 Å². The Kier molecular flexibility index (Phi) is 4.64. The molecule has 1 aliphatic heterocycles. The van der Waals surface area contributed by atoms with E-state index in [1.54, 1.807) is 12.1 Å². The number of nitrogen functional groups attached to an aromatic ring is 1. The molecule has 0 aliphatic carbocycles. The molecule has 0 unspecified atom stereocenters. The first kappa shape index (κ1) is 13.7. The molecule has 0 amide bonds. The van der Waals surface area contributed by atoms with E-state index in [-0.39, 0.29) is 0 Å². The van der Waals surface area contributed by atoms with Crippen LogP contribution in [0.1, 0.15) is 24.8 Å². The lowest BCUT2D eigenvalue weighted by molar-refractivity contribution is 0.0645. The fourth-order valence-electron chi connectivity index (χ4n) is 2.48. The summed E-state index contributed by atoms with van der Waals surface area (Å²) in [4.78, 5) is 2.14. The van der Waals surface area contributed by atoms with Crippen LogP contribution in [0.25, 0.3) is 0 Å². The molecule has 0 saturated carbocycles. The average molecular weight is 259 g/mol. The minimum atomic E-state index is 0.655. The van der Waals surface area contributed by atoms with Crippen LogP contribution in [0.5, 0.6) is 0 Å². The second kappa shape index (κ2) is 6.44. The zero-order valence-electron chi connectivity index (χ0n) is 11.4. The largest absolute Gasteiger partial charge is 0.397 e. The second-order valence-corrected chi connectivity index (χ2v) is 5.15. The molecule has 0 aromatic heterocycles. The average Bonchev–Trinajstić information content (AvgIpc) is 2.46. The van der Waals surface area contributed by atoms with E-state index >= 15 is 0 Å². The fraction of sp³-hybridized carbons (Fsp3) is 0.533. The number of nitrogens with two attached hydrogens (primary N) is 1. The Labute approximate surface area is 114 Å². The molecular formula is C15H21N3O. The van der Waals surface area contributed by atoms with Crippen LogP contribution in [-0.4, -0.2) is 26.8 Å². The molecule has 2 N–H and O–H groups in total. The normalized spacial score (nSPS) is 16.0. The Morgan fingerprint density at radius 1 is 1.42 bits per heavy atom. The number of benzene rings is 1. The van der Waals surface area contributed by atoms with Gasteiger partial charge in [-0.05, 0) is 43.4 Å². The summed E-state index contributed by atoms with van der Waals surface area (Å²) in [5.41, 5.74) is 8.32. The molecule has 1 saturated heterocycles. The first-order chi connectivity index (χ1) is 9.20. The molecule has 1 fully saturated rings. The zero-order valence-corrected chi connectivity index (χ0v) is 11.4. The third kappa shape index (κ3) is 3.62. The molecule has 4 heteroatoms. The molecule has 2 rings (SSSR count). The minimum Gasteiger partial charge on any atom is -0.397 e. The fourth-order valence-corrected chi connectivity index (χ4v) is 2.48. The van der Waals surface area contributed by atoms with Crippen LogP contribution in [0, 0.1) is 17.2 Å². The van der Waals surface area contributed by atoms with Gasteiger partial charge in [0.1, 0.15) is 0 Å². The van der Waals surface area contributed by atoms with Crippen molar-refractivity contribution in [3.63, 3.8) is 0 Å². The van der Waals surface area contributed by atoms with Crippen LogP contribution in [0.2, 0.25) is 0 Å². The molecule has 102 valence electrons. The van der Waals surface area contributed by atoms with Crippen molar-refractivity contribution in [3.8, 4) is 6.07 Å². The second-order valence-electron chi connectivity index (χ2n) is 5.15. The summed E-state index contributed by atoms with van der Waals surface area (Å²) in [7, 11) is 2.03. The molecule has 1 heterocycles. The maximum Gasteiger partial charge on any atom is 0.0992 e. The Bertz CT molecular complexity index is 461. The highest BCUT2D eigenvalue weighted by Crippen LogP contribution is 2.25. The maximum atomic E-state index is 8.95. The van der Waals surface area contributed by atoms with Gasteiger partial charge in [0.15, 0.2) is 0 Å². The van der Waals surface area contributed by atoms with E-state index in [0.717, 1.165) is 56.3 Å². The Balaban J connectivity index is 1.95. The van der Waals surface area contributed by atoms with Gasteiger partial charge in [0.25, 0.3) is 0 Å². The van der Waals surface area contributed by atoms with Crippen LogP contribution in [0.4, 0.5) is 11.4 Å². The molecule has 0 radical (unpaired) electrons. The van der Waals surface area contributed by atoms with Crippen molar-refractivity contribution in [3.05, 3.63) is 23.8 Å². The van der Waals surface area contributed by atoms with Gasteiger partial charge < -0.3 is 15.4 Å². The highest BCUT2D eigenvalue weighted by atomic mass is 16.5. The Morgan fingerprint density at radius 2 is 2.16 bits per heavy atom. The Hall–Kier alpha value is -1.73. The standard InChI is InChI=1S/C15H21N3O/c1-18(7-4-12-5-8-19-9-6-12)15-10-13(11-16)2-3-14(15)17/h2-3,10,12H,4-9,17H2,1H3. The number of hydrogen-bond acceptors (Lipinski definition) is 4. The number of nitrogens with zero attached hydrogens (tertiary/aromatic N) is 2. The summed E-state index contributed by atoms with van der Waals surface area (Å²) in [5.74, 6) is 0.747. The number of anilines is 2. The molecule has 4 nitrogen and oxygen atoms in total. The summed E-state index contributed by atoms with van der Waals surface area (Å²) in [6.07, 6.45) is 3.46. The quantitative estimate of drug-likeness (QED) is 0.843. The van der Waals surface area contributed by atoms with Crippen molar-refractivity contribution >= 4 is 11.4 Å². The predicted molar refractivity (Wildman–Crippen MR) is 77.0 cm³/mol. The zero-order chi connectivity index (χ0) is 13.7. The van der Waals surface area contributed by atoms with E-state index in [2.05, 4.69) is 11.0 Å². The predicted octanol–water partition coefficient (Wildman–Crippen LogP) is 2.39. The van der Waals surface area contributed by atoms with E-state index < -0.39 is 0 Å². The summed E-state index contributed by atoms with van der Waals surface area (Å²) >= 11 is 0. The number of nitriles is 1. The summed E-state index contributed by atoms with van der Waals surface area (Å²) in [5, 5.41) is 8.95. The maximum absolute atomic E-state index is 8.95. The molecule has 1 aliphatic rings. The van der Waals surface area contributed by atoms with E-state index in [0.29, 0.717) is 5.56 Å². The molecular weight excluding hydrogens is 238 g/mol. The van der Waals surface area contributed by atoms with E-state index in [9.17, 15) is 0 Å². The monoisotopic (exact) mass is 259 g/mol. The van der Waals surface area contributed by atoms with Crippen molar-refractivity contribution < 1.29 is 4.74 Å². The topological polar surface area (TPSA) is 62.3 Å². The van der Waals surface area contributed by atoms with Gasteiger partial charge in [-0.2, -0.15) is 5.26 Å². The Morgan fingerprint density at radius 3 is 2.84 bits per heavy atom. The lowest BCUT2D eigenvalue weighted by Gasteiger charge is -2.26.